The van der Waals surface area contributed by atoms with Crippen molar-refractivity contribution in [3.8, 4) is 5.88 Å². The van der Waals surface area contributed by atoms with E-state index in [-0.39, 0.29) is 0 Å². The van der Waals surface area contributed by atoms with Gasteiger partial charge in [-0.05, 0) is 12.5 Å². The van der Waals surface area contributed by atoms with E-state index in [1.54, 1.807) is 12.1 Å². The number of hydrogen-bond donors (Lipinski definition) is 1. The van der Waals surface area contributed by atoms with E-state index in [0.29, 0.717) is 23.2 Å². The van der Waals surface area contributed by atoms with E-state index in [2.05, 4.69) is 4.98 Å². The van der Waals surface area contributed by atoms with E-state index in [9.17, 15) is 0 Å². The van der Waals surface area contributed by atoms with Gasteiger partial charge >= 0.3 is 0 Å². The summed E-state index contributed by atoms with van der Waals surface area (Å²) in [7, 11) is 0. The molecule has 0 fully saturated rings. The van der Waals surface area contributed by atoms with Crippen molar-refractivity contribution in [1.82, 2.24) is 4.98 Å². The molecule has 1 aromatic rings. The van der Waals surface area contributed by atoms with Crippen LogP contribution in [0.1, 0.15) is 19.0 Å². The van der Waals surface area contributed by atoms with Gasteiger partial charge in [0.2, 0.25) is 5.88 Å². The maximum absolute atomic E-state index is 5.42. The third kappa shape index (κ3) is 2.99. The molecule has 0 bridgehead atoms. The van der Waals surface area contributed by atoms with E-state index >= 15 is 0 Å². The third-order valence-corrected chi connectivity index (χ3v) is 1.64. The predicted octanol–water partition coefficient (Wildman–Crippen LogP) is 1.50. The SMILES string of the molecule is CCCOc1cccc(C(N)=S)n1. The minimum absolute atomic E-state index is 0.293. The topological polar surface area (TPSA) is 48.1 Å². The van der Waals surface area contributed by atoms with Crippen LogP contribution >= 0.6 is 12.2 Å². The van der Waals surface area contributed by atoms with Gasteiger partial charge in [-0.2, -0.15) is 0 Å². The zero-order valence-corrected chi connectivity index (χ0v) is 8.30. The molecule has 0 aliphatic heterocycles. The fourth-order valence-corrected chi connectivity index (χ4v) is 0.953. The van der Waals surface area contributed by atoms with Gasteiger partial charge < -0.3 is 10.5 Å². The number of ether oxygens (including phenoxy) is 1. The number of nitrogens with two attached hydrogens (primary N) is 1. The Morgan fingerprint density at radius 1 is 1.62 bits per heavy atom. The van der Waals surface area contributed by atoms with Crippen molar-refractivity contribution in [3.05, 3.63) is 23.9 Å². The Morgan fingerprint density at radius 3 is 3.00 bits per heavy atom. The Labute approximate surface area is 82.9 Å². The molecule has 13 heavy (non-hydrogen) atoms. The molecule has 2 N–H and O–H groups in total. The molecule has 0 saturated carbocycles. The quantitative estimate of drug-likeness (QED) is 0.741. The van der Waals surface area contributed by atoms with Crippen molar-refractivity contribution < 1.29 is 4.74 Å². The smallest absolute Gasteiger partial charge is 0.213 e. The van der Waals surface area contributed by atoms with Crippen LogP contribution in [0.5, 0.6) is 5.88 Å². The minimum atomic E-state index is 0.293. The van der Waals surface area contributed by atoms with Crippen LogP contribution in [0.15, 0.2) is 18.2 Å². The third-order valence-electron chi connectivity index (χ3n) is 1.43. The van der Waals surface area contributed by atoms with Crippen molar-refractivity contribution in [2.45, 2.75) is 13.3 Å². The molecule has 0 aromatic carbocycles. The van der Waals surface area contributed by atoms with Gasteiger partial charge in [-0.15, -0.1) is 0 Å². The minimum Gasteiger partial charge on any atom is -0.478 e. The van der Waals surface area contributed by atoms with E-state index in [4.69, 9.17) is 22.7 Å². The molecule has 0 atom stereocenters. The average molecular weight is 196 g/mol. The number of rotatable bonds is 4. The highest BCUT2D eigenvalue weighted by Crippen LogP contribution is 2.07. The number of thiocarbonyl (C=S) groups is 1. The summed E-state index contributed by atoms with van der Waals surface area (Å²) in [4.78, 5) is 4.41. The predicted molar refractivity (Wildman–Crippen MR) is 55.9 cm³/mol. The molecule has 3 nitrogen and oxygen atoms in total. The summed E-state index contributed by atoms with van der Waals surface area (Å²) in [5.41, 5.74) is 6.03. The molecule has 0 aliphatic rings. The second kappa shape index (κ2) is 4.77. The molecule has 4 heteroatoms. The second-order valence-electron chi connectivity index (χ2n) is 2.57. The van der Waals surface area contributed by atoms with Gasteiger partial charge in [-0.3, -0.25) is 0 Å². The molecule has 70 valence electrons. The fourth-order valence-electron chi connectivity index (χ4n) is 0.839. The number of aromatic nitrogens is 1. The van der Waals surface area contributed by atoms with Gasteiger partial charge in [-0.1, -0.05) is 25.2 Å². The highest BCUT2D eigenvalue weighted by Gasteiger charge is 1.99. The summed E-state index contributed by atoms with van der Waals surface area (Å²) in [6.45, 7) is 2.70. The zero-order valence-electron chi connectivity index (χ0n) is 7.49. The largest absolute Gasteiger partial charge is 0.478 e. The summed E-state index contributed by atoms with van der Waals surface area (Å²) in [6.07, 6.45) is 0.957. The van der Waals surface area contributed by atoms with Gasteiger partial charge in [0.1, 0.15) is 10.7 Å². The van der Waals surface area contributed by atoms with Gasteiger partial charge in [0.05, 0.1) is 6.61 Å². The summed E-state index contributed by atoms with van der Waals surface area (Å²) >= 11 is 4.79. The van der Waals surface area contributed by atoms with Crippen LogP contribution in [0.25, 0.3) is 0 Å². The normalized spacial score (nSPS) is 9.62. The van der Waals surface area contributed by atoms with Crippen molar-refractivity contribution in [2.75, 3.05) is 6.61 Å². The van der Waals surface area contributed by atoms with Crippen LogP contribution in [0.4, 0.5) is 0 Å². The van der Waals surface area contributed by atoms with E-state index < -0.39 is 0 Å². The molecule has 0 spiro atoms. The summed E-state index contributed by atoms with van der Waals surface area (Å²) in [5.74, 6) is 0.576. The lowest BCUT2D eigenvalue weighted by atomic mass is 10.3. The first-order chi connectivity index (χ1) is 6.24. The number of nitrogens with zero attached hydrogens (tertiary/aromatic N) is 1. The number of hydrogen-bond acceptors (Lipinski definition) is 3. The zero-order chi connectivity index (χ0) is 9.68. The van der Waals surface area contributed by atoms with E-state index in [0.717, 1.165) is 6.42 Å². The van der Waals surface area contributed by atoms with Crippen LogP contribution in [-0.2, 0) is 0 Å². The lowest BCUT2D eigenvalue weighted by molar-refractivity contribution is 0.305. The molecular formula is C9H12N2OS. The van der Waals surface area contributed by atoms with Crippen molar-refractivity contribution in [2.24, 2.45) is 5.73 Å². The molecular weight excluding hydrogens is 184 g/mol. The van der Waals surface area contributed by atoms with Crippen LogP contribution in [-0.4, -0.2) is 16.6 Å². The first-order valence-electron chi connectivity index (χ1n) is 4.13. The Bertz CT molecular complexity index is 301. The van der Waals surface area contributed by atoms with Crippen LogP contribution in [0.2, 0.25) is 0 Å². The molecule has 1 aromatic heterocycles. The van der Waals surface area contributed by atoms with Gasteiger partial charge in [-0.25, -0.2) is 4.98 Å². The highest BCUT2D eigenvalue weighted by molar-refractivity contribution is 7.80. The lowest BCUT2D eigenvalue weighted by Gasteiger charge is -2.04. The van der Waals surface area contributed by atoms with Crippen LogP contribution in [0, 0.1) is 0 Å². The molecule has 1 rings (SSSR count). The summed E-state index contributed by atoms with van der Waals surface area (Å²) in [6, 6.07) is 5.38. The Kier molecular flexibility index (Phi) is 3.64. The highest BCUT2D eigenvalue weighted by atomic mass is 32.1. The first-order valence-corrected chi connectivity index (χ1v) is 4.54. The average Bonchev–Trinajstić information content (AvgIpc) is 2.15. The van der Waals surface area contributed by atoms with E-state index in [1.165, 1.54) is 0 Å². The molecule has 0 saturated heterocycles. The van der Waals surface area contributed by atoms with Crippen LogP contribution in [0.3, 0.4) is 0 Å². The fraction of sp³-hybridized carbons (Fsp3) is 0.333. The van der Waals surface area contributed by atoms with Gasteiger partial charge in [0.15, 0.2) is 0 Å². The molecule has 0 amide bonds. The Morgan fingerprint density at radius 2 is 2.38 bits per heavy atom. The van der Waals surface area contributed by atoms with Crippen molar-refractivity contribution in [1.29, 1.82) is 0 Å². The van der Waals surface area contributed by atoms with Gasteiger partial charge in [0, 0.05) is 6.07 Å². The summed E-state index contributed by atoms with van der Waals surface area (Å²) < 4.78 is 5.32. The van der Waals surface area contributed by atoms with Crippen LogP contribution < -0.4 is 10.5 Å². The second-order valence-corrected chi connectivity index (χ2v) is 3.01. The first kappa shape index (κ1) is 9.92. The monoisotopic (exact) mass is 196 g/mol. The standard InChI is InChI=1S/C9H12N2OS/c1-2-6-12-8-5-3-4-7(11-8)9(10)13/h3-5H,2,6H2,1H3,(H2,10,13). The van der Waals surface area contributed by atoms with Crippen molar-refractivity contribution >= 4 is 17.2 Å². The van der Waals surface area contributed by atoms with Gasteiger partial charge in [0.25, 0.3) is 0 Å². The molecule has 0 radical (unpaired) electrons. The maximum Gasteiger partial charge on any atom is 0.213 e. The molecule has 1 heterocycles. The van der Waals surface area contributed by atoms with Crippen molar-refractivity contribution in [3.63, 3.8) is 0 Å². The maximum atomic E-state index is 5.42. The van der Waals surface area contributed by atoms with E-state index in [1.807, 2.05) is 13.0 Å². The molecule has 0 unspecified atom stereocenters. The Hall–Kier alpha value is -1.16. The lowest BCUT2D eigenvalue weighted by Crippen LogP contribution is -2.12. The number of pyridine rings is 1. The molecule has 0 aliphatic carbocycles. The Balaban J connectivity index is 2.73. The summed E-state index contributed by atoms with van der Waals surface area (Å²) in [5, 5.41) is 0.